The lowest BCUT2D eigenvalue weighted by Crippen LogP contribution is -2.55. The molecule has 1 aromatic rings. The fourth-order valence-electron chi connectivity index (χ4n) is 1.47. The highest BCUT2D eigenvalue weighted by atomic mass is 32.2. The number of nitrogens with two attached hydrogens (primary N) is 2. The van der Waals surface area contributed by atoms with E-state index in [9.17, 15) is 8.42 Å². The number of rotatable bonds is 2. The number of nitrogens with zero attached hydrogens (tertiary/aromatic N) is 2. The number of benzene rings is 1. The predicted molar refractivity (Wildman–Crippen MR) is 68.7 cm³/mol. The zero-order chi connectivity index (χ0) is 14.3. The Balaban J connectivity index is 2.60. The van der Waals surface area contributed by atoms with E-state index in [0.717, 1.165) is 6.26 Å². The van der Waals surface area contributed by atoms with Crippen molar-refractivity contribution in [2.24, 2.45) is 21.5 Å². The molecule has 0 amide bonds. The number of guanidine groups is 1. The van der Waals surface area contributed by atoms with Crippen LogP contribution < -0.4 is 16.8 Å². The molecule has 5 N–H and O–H groups in total. The summed E-state index contributed by atoms with van der Waals surface area (Å²) in [4.78, 5) is 7.49. The number of sulfone groups is 1. The van der Waals surface area contributed by atoms with Crippen molar-refractivity contribution in [3.63, 3.8) is 0 Å². The van der Waals surface area contributed by atoms with Gasteiger partial charge in [-0.05, 0) is 12.1 Å². The van der Waals surface area contributed by atoms with Gasteiger partial charge in [0.1, 0.15) is 6.34 Å². The van der Waals surface area contributed by atoms with Gasteiger partial charge in [0.05, 0.1) is 6.27 Å². The summed E-state index contributed by atoms with van der Waals surface area (Å²) in [5.74, 6) is -1.45. The highest BCUT2D eigenvalue weighted by molar-refractivity contribution is 7.90. The first-order valence-electron chi connectivity index (χ1n) is 5.48. The topological polar surface area (TPSA) is 123 Å². The monoisotopic (exact) mass is 268 g/mol. The zero-order valence-corrected chi connectivity index (χ0v) is 10.4. The van der Waals surface area contributed by atoms with Gasteiger partial charge in [-0.25, -0.2) is 18.4 Å². The fourth-order valence-corrected chi connectivity index (χ4v) is 2.09. The summed E-state index contributed by atoms with van der Waals surface area (Å²) in [6.07, 6.45) is 2.19. The summed E-state index contributed by atoms with van der Waals surface area (Å²) < 4.78 is 31.2. The molecule has 8 heteroatoms. The number of nitrogens with one attached hydrogen (secondary N) is 1. The van der Waals surface area contributed by atoms with E-state index in [-0.39, 0.29) is 22.5 Å². The molecule has 0 saturated heterocycles. The van der Waals surface area contributed by atoms with Gasteiger partial charge < -0.3 is 11.1 Å². The van der Waals surface area contributed by atoms with Crippen LogP contribution in [-0.4, -0.2) is 27.0 Å². The summed E-state index contributed by atoms with van der Waals surface area (Å²) in [5.41, 5.74) is 11.7. The molecule has 0 saturated carbocycles. The van der Waals surface area contributed by atoms with E-state index in [1.165, 1.54) is 24.5 Å². The van der Waals surface area contributed by atoms with E-state index in [0.29, 0.717) is 0 Å². The molecule has 1 aromatic carbocycles. The molecular formula is C10H13N5O2S. The van der Waals surface area contributed by atoms with Gasteiger partial charge in [-0.3, -0.25) is 5.73 Å². The second kappa shape index (κ2) is 4.07. The fraction of sp³-hybridized carbons (Fsp3) is 0.200. The Morgan fingerprint density at radius 2 is 2.22 bits per heavy atom. The first kappa shape index (κ1) is 11.2. The second-order valence-corrected chi connectivity index (χ2v) is 5.84. The lowest BCUT2D eigenvalue weighted by molar-refractivity contribution is 0.426. The molecule has 0 aromatic heterocycles. The third-order valence-electron chi connectivity index (χ3n) is 2.36. The molecule has 2 rings (SSSR count). The van der Waals surface area contributed by atoms with E-state index in [1.807, 2.05) is 0 Å². The lowest BCUT2D eigenvalue weighted by Gasteiger charge is -2.29. The average molecular weight is 268 g/mol. The first-order valence-corrected chi connectivity index (χ1v) is 6.87. The Hall–Kier alpha value is -1.93. The second-order valence-electron chi connectivity index (χ2n) is 3.85. The lowest BCUT2D eigenvalue weighted by atomic mass is 10.1. The Morgan fingerprint density at radius 3 is 2.83 bits per heavy atom. The van der Waals surface area contributed by atoms with Gasteiger partial charge >= 0.3 is 0 Å². The molecule has 0 fully saturated rings. The van der Waals surface area contributed by atoms with Gasteiger partial charge in [0.15, 0.2) is 15.8 Å². The van der Waals surface area contributed by atoms with Crippen LogP contribution in [0.2, 0.25) is 0 Å². The summed E-state index contributed by atoms with van der Waals surface area (Å²) in [6, 6.07) is 4.14. The van der Waals surface area contributed by atoms with Gasteiger partial charge in [0.25, 0.3) is 0 Å². The van der Waals surface area contributed by atoms with Crippen molar-refractivity contribution in [1.29, 1.82) is 0 Å². The summed E-state index contributed by atoms with van der Waals surface area (Å²) in [5, 5.41) is 2.62. The quantitative estimate of drug-likeness (QED) is 0.641. The van der Waals surface area contributed by atoms with Crippen molar-refractivity contribution in [3.8, 4) is 0 Å². The van der Waals surface area contributed by atoms with E-state index >= 15 is 0 Å². The van der Waals surface area contributed by atoms with Crippen molar-refractivity contribution in [3.05, 3.63) is 29.8 Å². The number of aliphatic imine (C=N–C) groups is 2. The van der Waals surface area contributed by atoms with Crippen LogP contribution in [0.4, 0.5) is 0 Å². The van der Waals surface area contributed by atoms with Crippen molar-refractivity contribution in [2.75, 3.05) is 6.26 Å². The maximum atomic E-state index is 11.6. The van der Waals surface area contributed by atoms with Crippen LogP contribution in [-0.2, 0) is 15.6 Å². The van der Waals surface area contributed by atoms with Crippen molar-refractivity contribution < 1.29 is 9.79 Å². The molecule has 7 nitrogen and oxygen atoms in total. The highest BCUT2D eigenvalue weighted by Crippen LogP contribution is 2.21. The summed E-state index contributed by atoms with van der Waals surface area (Å²) in [6.45, 7) is 0. The summed E-state index contributed by atoms with van der Waals surface area (Å²) in [7, 11) is -3.52. The molecule has 1 atom stereocenters. The maximum Gasteiger partial charge on any atom is 0.213 e. The van der Waals surface area contributed by atoms with Crippen LogP contribution in [0.3, 0.4) is 0 Å². The molecule has 0 bridgehead atoms. The van der Waals surface area contributed by atoms with Crippen LogP contribution in [0.15, 0.2) is 39.1 Å². The van der Waals surface area contributed by atoms with E-state index < -0.39 is 15.6 Å². The zero-order valence-electron chi connectivity index (χ0n) is 10.6. The minimum atomic E-state index is -3.52. The van der Waals surface area contributed by atoms with E-state index in [2.05, 4.69) is 15.3 Å². The first-order chi connectivity index (χ1) is 8.74. The Morgan fingerprint density at radius 1 is 1.50 bits per heavy atom. The largest absolute Gasteiger partial charge is 0.370 e. The normalized spacial score (nSPS) is 24.1. The van der Waals surface area contributed by atoms with Crippen LogP contribution in [0, 0.1) is 0 Å². The Bertz CT molecular complexity index is 685. The van der Waals surface area contributed by atoms with Crippen LogP contribution in [0.1, 0.15) is 6.93 Å². The molecule has 96 valence electrons. The van der Waals surface area contributed by atoms with Crippen molar-refractivity contribution >= 4 is 22.1 Å². The highest BCUT2D eigenvalue weighted by Gasteiger charge is 2.29. The van der Waals surface area contributed by atoms with Crippen molar-refractivity contribution in [2.45, 2.75) is 10.7 Å². The van der Waals surface area contributed by atoms with Gasteiger partial charge in [-0.1, -0.05) is 12.1 Å². The number of hydrogen-bond acceptors (Lipinski definition) is 7. The van der Waals surface area contributed by atoms with Gasteiger partial charge in [-0.15, -0.1) is 0 Å². The molecule has 0 aliphatic carbocycles. The summed E-state index contributed by atoms with van der Waals surface area (Å²) >= 11 is 0. The predicted octanol–water partition coefficient (Wildman–Crippen LogP) is -0.895. The van der Waals surface area contributed by atoms with Crippen LogP contribution >= 0.6 is 0 Å². The molecule has 18 heavy (non-hydrogen) atoms. The van der Waals surface area contributed by atoms with Gasteiger partial charge in [-0.2, -0.15) is 0 Å². The van der Waals surface area contributed by atoms with Crippen LogP contribution in [0.25, 0.3) is 0 Å². The smallest absolute Gasteiger partial charge is 0.213 e. The minimum absolute atomic E-state index is 0.0432. The molecule has 0 spiro atoms. The average Bonchev–Trinajstić information content (AvgIpc) is 2.27. The van der Waals surface area contributed by atoms with Gasteiger partial charge in [0.2, 0.25) is 5.79 Å². The van der Waals surface area contributed by atoms with E-state index in [1.54, 1.807) is 0 Å². The molecule has 1 heterocycles. The third kappa shape index (κ3) is 2.34. The van der Waals surface area contributed by atoms with Crippen molar-refractivity contribution in [1.82, 2.24) is 5.32 Å². The standard InChI is InChI=1S/C10H13N5O2S/c1-18(16,17)8-4-2-3-7(5-8)10(12)14-6-13-9(11)15-10/h2-6H,12H2,1H3,(H3,11,13,14,15)/i5D. The van der Waals surface area contributed by atoms with E-state index in [4.69, 9.17) is 12.8 Å². The van der Waals surface area contributed by atoms with Gasteiger partial charge in [0, 0.05) is 11.8 Å². The SMILES string of the molecule is [2H]c1c(C2(N)N=CN=C(N)N2)cccc1S(C)(=O)=O. The molecule has 0 radical (unpaired) electrons. The van der Waals surface area contributed by atoms with Crippen LogP contribution in [0.5, 0.6) is 0 Å². The maximum absolute atomic E-state index is 11.6. The molecule has 1 aliphatic heterocycles. The number of hydrogen-bond donors (Lipinski definition) is 3. The molecule has 1 unspecified atom stereocenters. The molecule has 1 aliphatic rings. The Kier molecular flexibility index (Phi) is 2.53. The minimum Gasteiger partial charge on any atom is -0.370 e. The Labute approximate surface area is 106 Å². The third-order valence-corrected chi connectivity index (χ3v) is 3.39. The molecular weight excluding hydrogens is 254 g/mol.